The summed E-state index contributed by atoms with van der Waals surface area (Å²) in [4.78, 5) is 12.1. The van der Waals surface area contributed by atoms with Crippen LogP contribution in [0.15, 0.2) is 22.7 Å². The Morgan fingerprint density at radius 1 is 1.52 bits per heavy atom. The molecule has 1 aromatic carbocycles. The first-order chi connectivity index (χ1) is 9.68. The average molecular weight is 381 g/mol. The number of nitrogens with zero attached hydrogens (tertiary/aromatic N) is 1. The first kappa shape index (κ1) is 16.3. The Kier molecular flexibility index (Phi) is 4.66. The fraction of sp³-hybridized carbons (Fsp3) is 0.417. The molecule has 1 heterocycles. The predicted octanol–water partition coefficient (Wildman–Crippen LogP) is 0.922. The first-order valence-electron chi connectivity index (χ1n) is 6.09. The highest BCUT2D eigenvalue weighted by molar-refractivity contribution is 9.10. The van der Waals surface area contributed by atoms with Crippen LogP contribution in [0.4, 0.5) is 10.1 Å². The molecule has 1 aromatic rings. The lowest BCUT2D eigenvalue weighted by Gasteiger charge is -2.21. The number of benzene rings is 1. The van der Waals surface area contributed by atoms with Gasteiger partial charge in [0.05, 0.1) is 18.0 Å². The van der Waals surface area contributed by atoms with E-state index in [0.29, 0.717) is 4.47 Å². The molecule has 9 heteroatoms. The Bertz CT molecular complexity index is 667. The van der Waals surface area contributed by atoms with Gasteiger partial charge in [0.2, 0.25) is 15.9 Å². The van der Waals surface area contributed by atoms with Crippen molar-refractivity contribution in [1.82, 2.24) is 4.31 Å². The molecule has 21 heavy (non-hydrogen) atoms. The van der Waals surface area contributed by atoms with E-state index in [1.54, 1.807) is 6.07 Å². The third-order valence-electron chi connectivity index (χ3n) is 3.15. The average Bonchev–Trinajstić information content (AvgIpc) is 2.75. The van der Waals surface area contributed by atoms with E-state index >= 15 is 0 Å². The van der Waals surface area contributed by atoms with Gasteiger partial charge in [0.25, 0.3) is 0 Å². The van der Waals surface area contributed by atoms with Crippen LogP contribution in [-0.2, 0) is 14.8 Å². The van der Waals surface area contributed by atoms with Gasteiger partial charge in [-0.05, 0) is 18.2 Å². The number of hydrogen-bond acceptors (Lipinski definition) is 4. The number of β-amino-alcohol motifs (C(OH)–C–C–N with tert-alkyl or cyclic N) is 1. The van der Waals surface area contributed by atoms with Crippen molar-refractivity contribution in [1.29, 1.82) is 0 Å². The molecule has 1 fully saturated rings. The molecule has 0 aromatic heterocycles. The number of nitrogens with one attached hydrogen (secondary N) is 1. The topological polar surface area (TPSA) is 86.7 Å². The van der Waals surface area contributed by atoms with E-state index in [0.717, 1.165) is 10.6 Å². The largest absolute Gasteiger partial charge is 0.392 e. The van der Waals surface area contributed by atoms with Gasteiger partial charge in [-0.1, -0.05) is 15.9 Å². The van der Waals surface area contributed by atoms with E-state index in [1.165, 1.54) is 12.1 Å². The van der Waals surface area contributed by atoms with E-state index in [1.807, 2.05) is 0 Å². The fourth-order valence-corrected chi connectivity index (χ4v) is 3.62. The summed E-state index contributed by atoms with van der Waals surface area (Å²) in [7, 11) is -3.63. The quantitative estimate of drug-likeness (QED) is 0.816. The van der Waals surface area contributed by atoms with E-state index in [-0.39, 0.29) is 18.7 Å². The van der Waals surface area contributed by atoms with Crippen molar-refractivity contribution >= 4 is 37.5 Å². The lowest BCUT2D eigenvalue weighted by Crippen LogP contribution is -2.42. The summed E-state index contributed by atoms with van der Waals surface area (Å²) in [5.41, 5.74) is -0.0435. The van der Waals surface area contributed by atoms with Crippen LogP contribution in [0.5, 0.6) is 0 Å². The number of carbonyl (C=O) groups is 1. The molecule has 2 atom stereocenters. The lowest BCUT2D eigenvalue weighted by atomic mass is 10.2. The molecule has 1 aliphatic heterocycles. The summed E-state index contributed by atoms with van der Waals surface area (Å²) in [5.74, 6) is -1.31. The molecular formula is C12H14BrFN2O4S. The standard InChI is InChI=1S/C12H14BrFN2O4S/c1-21(19,20)16-6-8(17)5-11(16)12(18)15-10-3-2-7(13)4-9(10)14/h2-4,8,11,17H,5-6H2,1H3,(H,15,18). The van der Waals surface area contributed by atoms with Crippen LogP contribution in [0, 0.1) is 5.82 Å². The first-order valence-corrected chi connectivity index (χ1v) is 8.73. The van der Waals surface area contributed by atoms with Crippen LogP contribution >= 0.6 is 15.9 Å². The van der Waals surface area contributed by atoms with Crippen molar-refractivity contribution in [3.63, 3.8) is 0 Å². The highest BCUT2D eigenvalue weighted by Gasteiger charge is 2.41. The Morgan fingerprint density at radius 2 is 2.19 bits per heavy atom. The number of aliphatic hydroxyl groups excluding tert-OH is 1. The summed E-state index contributed by atoms with van der Waals surface area (Å²) in [6, 6.07) is 3.07. The summed E-state index contributed by atoms with van der Waals surface area (Å²) in [6.07, 6.45) is 0.0352. The van der Waals surface area contributed by atoms with Gasteiger partial charge >= 0.3 is 0 Å². The Morgan fingerprint density at radius 3 is 2.76 bits per heavy atom. The maximum absolute atomic E-state index is 13.7. The van der Waals surface area contributed by atoms with Crippen LogP contribution in [0.1, 0.15) is 6.42 Å². The van der Waals surface area contributed by atoms with E-state index in [9.17, 15) is 22.7 Å². The predicted molar refractivity (Wildman–Crippen MR) is 78.7 cm³/mol. The maximum Gasteiger partial charge on any atom is 0.243 e. The Labute approximate surface area is 130 Å². The number of amides is 1. The molecule has 0 saturated carbocycles. The van der Waals surface area contributed by atoms with Crippen molar-refractivity contribution in [3.8, 4) is 0 Å². The minimum atomic E-state index is -3.63. The second-order valence-electron chi connectivity index (χ2n) is 4.85. The zero-order valence-electron chi connectivity index (χ0n) is 11.1. The van der Waals surface area contributed by atoms with Crippen molar-refractivity contribution < 1.29 is 22.7 Å². The monoisotopic (exact) mass is 380 g/mol. The van der Waals surface area contributed by atoms with Crippen LogP contribution < -0.4 is 5.32 Å². The molecule has 2 rings (SSSR count). The molecule has 0 radical (unpaired) electrons. The van der Waals surface area contributed by atoms with Crippen LogP contribution in [0.25, 0.3) is 0 Å². The second-order valence-corrected chi connectivity index (χ2v) is 7.70. The molecule has 0 bridgehead atoms. The van der Waals surface area contributed by atoms with Crippen molar-refractivity contribution in [2.45, 2.75) is 18.6 Å². The summed E-state index contributed by atoms with van der Waals surface area (Å²) >= 11 is 3.10. The molecule has 1 aliphatic rings. The third kappa shape index (κ3) is 3.79. The molecule has 1 saturated heterocycles. The molecule has 116 valence electrons. The fourth-order valence-electron chi connectivity index (χ4n) is 2.20. The number of aliphatic hydroxyl groups is 1. The molecule has 2 N–H and O–H groups in total. The molecule has 1 amide bonds. The van der Waals surface area contributed by atoms with Gasteiger partial charge in [-0.25, -0.2) is 12.8 Å². The smallest absolute Gasteiger partial charge is 0.243 e. The SMILES string of the molecule is CS(=O)(=O)N1CC(O)CC1C(=O)Nc1ccc(Br)cc1F. The van der Waals surface area contributed by atoms with Crippen LogP contribution in [0.3, 0.4) is 0 Å². The highest BCUT2D eigenvalue weighted by atomic mass is 79.9. The van der Waals surface area contributed by atoms with Gasteiger partial charge in [-0.3, -0.25) is 4.79 Å². The van der Waals surface area contributed by atoms with Crippen molar-refractivity contribution in [2.24, 2.45) is 0 Å². The van der Waals surface area contributed by atoms with E-state index in [2.05, 4.69) is 21.2 Å². The molecular weight excluding hydrogens is 367 g/mol. The molecule has 0 spiro atoms. The number of halogens is 2. The summed E-state index contributed by atoms with van der Waals surface area (Å²) < 4.78 is 38.3. The highest BCUT2D eigenvalue weighted by Crippen LogP contribution is 2.24. The Hall–Kier alpha value is -1.03. The van der Waals surface area contributed by atoms with Gasteiger partial charge < -0.3 is 10.4 Å². The number of rotatable bonds is 3. The summed E-state index contributed by atoms with van der Waals surface area (Å²) in [6.45, 7) is -0.139. The number of hydrogen-bond donors (Lipinski definition) is 2. The number of sulfonamides is 1. The zero-order valence-corrected chi connectivity index (χ0v) is 13.5. The maximum atomic E-state index is 13.7. The number of carbonyl (C=O) groups excluding carboxylic acids is 1. The van der Waals surface area contributed by atoms with Crippen molar-refractivity contribution in [2.75, 3.05) is 18.1 Å². The van der Waals surface area contributed by atoms with Crippen LogP contribution in [0.2, 0.25) is 0 Å². The lowest BCUT2D eigenvalue weighted by molar-refractivity contribution is -0.119. The minimum absolute atomic E-state index is 0.0168. The minimum Gasteiger partial charge on any atom is -0.392 e. The van der Waals surface area contributed by atoms with Gasteiger partial charge in [0.1, 0.15) is 11.9 Å². The molecule has 6 nitrogen and oxygen atoms in total. The third-order valence-corrected chi connectivity index (χ3v) is 4.90. The normalized spacial score (nSPS) is 23.2. The summed E-state index contributed by atoms with van der Waals surface area (Å²) in [5, 5.41) is 11.9. The number of anilines is 1. The molecule has 0 aliphatic carbocycles. The van der Waals surface area contributed by atoms with Crippen molar-refractivity contribution in [3.05, 3.63) is 28.5 Å². The van der Waals surface area contributed by atoms with Crippen LogP contribution in [-0.4, -0.2) is 48.7 Å². The van der Waals surface area contributed by atoms with Gasteiger partial charge in [0, 0.05) is 17.4 Å². The molecule has 2 unspecified atom stereocenters. The Balaban J connectivity index is 2.19. The second kappa shape index (κ2) is 5.99. The van der Waals surface area contributed by atoms with Gasteiger partial charge in [-0.15, -0.1) is 0 Å². The zero-order chi connectivity index (χ0) is 15.8. The van der Waals surface area contributed by atoms with E-state index < -0.39 is 33.9 Å². The van der Waals surface area contributed by atoms with E-state index in [4.69, 9.17) is 0 Å². The van der Waals surface area contributed by atoms with Gasteiger partial charge in [-0.2, -0.15) is 4.31 Å². The van der Waals surface area contributed by atoms with Gasteiger partial charge in [0.15, 0.2) is 0 Å².